The van der Waals surface area contributed by atoms with Gasteiger partial charge in [0.15, 0.2) is 5.69 Å². The number of aromatic nitrogens is 2. The number of carbonyl (C=O) groups excluding carboxylic acids is 1. The lowest BCUT2D eigenvalue weighted by molar-refractivity contribution is -0.141. The molecule has 0 aliphatic heterocycles. The van der Waals surface area contributed by atoms with Gasteiger partial charge in [0.25, 0.3) is 0 Å². The standard InChI is InChI=1S/C16H21ClF3N3O/c1-8(12-6-10-3-4-11(12)5-10)21-13(24)7-23-9(2)14(17)15(22-23)16(18,19)20/h8,10-12H,3-7H2,1-2H3,(H,21,24)/t8-,10+,11+,12-/m0/s1. The number of carbonyl (C=O) groups is 1. The molecule has 0 spiro atoms. The summed E-state index contributed by atoms with van der Waals surface area (Å²) in [7, 11) is 0. The van der Waals surface area contributed by atoms with Crippen molar-refractivity contribution < 1.29 is 18.0 Å². The SMILES string of the molecule is Cc1c(Cl)c(C(F)(F)F)nn1CC(=O)N[C@@H](C)[C@@H]1C[C@@H]2CC[C@@H]1C2. The van der Waals surface area contributed by atoms with Gasteiger partial charge in [-0.3, -0.25) is 9.48 Å². The second-order valence-electron chi connectivity index (χ2n) is 7.10. The lowest BCUT2D eigenvalue weighted by Crippen LogP contribution is -2.41. The minimum Gasteiger partial charge on any atom is -0.352 e. The van der Waals surface area contributed by atoms with Crippen molar-refractivity contribution in [2.45, 2.75) is 58.3 Å². The van der Waals surface area contributed by atoms with Gasteiger partial charge in [0.1, 0.15) is 6.54 Å². The van der Waals surface area contributed by atoms with Crippen LogP contribution in [0.15, 0.2) is 0 Å². The fourth-order valence-corrected chi connectivity index (χ4v) is 4.55. The largest absolute Gasteiger partial charge is 0.436 e. The third kappa shape index (κ3) is 3.27. The van der Waals surface area contributed by atoms with Gasteiger partial charge in [-0.2, -0.15) is 18.3 Å². The minimum absolute atomic E-state index is 0.0289. The molecule has 2 bridgehead atoms. The Balaban J connectivity index is 1.63. The van der Waals surface area contributed by atoms with Gasteiger partial charge in [-0.15, -0.1) is 0 Å². The first-order valence-electron chi connectivity index (χ1n) is 8.26. The summed E-state index contributed by atoms with van der Waals surface area (Å²) >= 11 is 5.70. The van der Waals surface area contributed by atoms with Gasteiger partial charge in [0.05, 0.1) is 10.7 Å². The van der Waals surface area contributed by atoms with Crippen LogP contribution in [0.1, 0.15) is 44.0 Å². The van der Waals surface area contributed by atoms with E-state index in [0.717, 1.165) is 17.0 Å². The quantitative estimate of drug-likeness (QED) is 0.884. The van der Waals surface area contributed by atoms with Gasteiger partial charge in [-0.25, -0.2) is 0 Å². The fraction of sp³-hybridized carbons (Fsp3) is 0.750. The third-order valence-electron chi connectivity index (χ3n) is 5.52. The lowest BCUT2D eigenvalue weighted by Gasteiger charge is -2.28. The topological polar surface area (TPSA) is 46.9 Å². The van der Waals surface area contributed by atoms with E-state index in [1.807, 2.05) is 6.92 Å². The Morgan fingerprint density at radius 3 is 2.62 bits per heavy atom. The Kier molecular flexibility index (Phi) is 4.57. The molecule has 0 aromatic carbocycles. The van der Waals surface area contributed by atoms with Crippen molar-refractivity contribution in [1.82, 2.24) is 15.1 Å². The van der Waals surface area contributed by atoms with E-state index in [4.69, 9.17) is 11.6 Å². The second-order valence-corrected chi connectivity index (χ2v) is 7.48. The highest BCUT2D eigenvalue weighted by atomic mass is 35.5. The number of nitrogens with zero attached hydrogens (tertiary/aromatic N) is 2. The molecule has 1 amide bonds. The van der Waals surface area contributed by atoms with E-state index in [0.29, 0.717) is 11.8 Å². The van der Waals surface area contributed by atoms with E-state index in [2.05, 4.69) is 10.4 Å². The monoisotopic (exact) mass is 363 g/mol. The van der Waals surface area contributed by atoms with Crippen molar-refractivity contribution in [3.05, 3.63) is 16.4 Å². The molecule has 1 aromatic rings. The smallest absolute Gasteiger partial charge is 0.352 e. The van der Waals surface area contributed by atoms with Gasteiger partial charge in [0.2, 0.25) is 5.91 Å². The summed E-state index contributed by atoms with van der Waals surface area (Å²) in [5.74, 6) is 1.59. The first-order valence-corrected chi connectivity index (χ1v) is 8.64. The van der Waals surface area contributed by atoms with Gasteiger partial charge in [-0.05, 0) is 50.9 Å². The number of alkyl halides is 3. The molecule has 134 valence electrons. The molecule has 0 radical (unpaired) electrons. The van der Waals surface area contributed by atoms with E-state index in [9.17, 15) is 18.0 Å². The summed E-state index contributed by atoms with van der Waals surface area (Å²) < 4.78 is 39.5. The normalized spacial score (nSPS) is 27.5. The van der Waals surface area contributed by atoms with Gasteiger partial charge < -0.3 is 5.32 Å². The molecule has 3 rings (SSSR count). The van der Waals surface area contributed by atoms with Crippen LogP contribution in [0.2, 0.25) is 5.02 Å². The first kappa shape index (κ1) is 17.6. The van der Waals surface area contributed by atoms with E-state index in [1.165, 1.54) is 26.2 Å². The molecule has 2 aliphatic rings. The van der Waals surface area contributed by atoms with Crippen molar-refractivity contribution in [2.24, 2.45) is 17.8 Å². The number of fused-ring (bicyclic) bond motifs is 2. The summed E-state index contributed by atoms with van der Waals surface area (Å²) in [4.78, 5) is 12.2. The molecule has 1 aromatic heterocycles. The summed E-state index contributed by atoms with van der Waals surface area (Å²) in [5.41, 5.74) is -0.998. The fourth-order valence-electron chi connectivity index (χ4n) is 4.31. The summed E-state index contributed by atoms with van der Waals surface area (Å²) in [5, 5.41) is 5.94. The number of halogens is 4. The van der Waals surface area contributed by atoms with Crippen LogP contribution >= 0.6 is 11.6 Å². The number of hydrogen-bond acceptors (Lipinski definition) is 2. The molecule has 8 heteroatoms. The van der Waals surface area contributed by atoms with E-state index < -0.39 is 16.9 Å². The van der Waals surface area contributed by atoms with Crippen LogP contribution in [0.5, 0.6) is 0 Å². The van der Waals surface area contributed by atoms with Crippen LogP contribution in [0.4, 0.5) is 13.2 Å². The number of hydrogen-bond donors (Lipinski definition) is 1. The maximum absolute atomic E-state index is 12.8. The maximum Gasteiger partial charge on any atom is 0.436 e. The number of nitrogens with one attached hydrogen (secondary N) is 1. The molecule has 2 aliphatic carbocycles. The average molecular weight is 364 g/mol. The summed E-state index contributed by atoms with van der Waals surface area (Å²) in [6.07, 6.45) is 0.260. The molecule has 24 heavy (non-hydrogen) atoms. The van der Waals surface area contributed by atoms with Crippen LogP contribution in [0.25, 0.3) is 0 Å². The highest BCUT2D eigenvalue weighted by Crippen LogP contribution is 2.49. The van der Waals surface area contributed by atoms with Gasteiger partial charge >= 0.3 is 6.18 Å². The third-order valence-corrected chi connectivity index (χ3v) is 5.97. The zero-order chi connectivity index (χ0) is 17.6. The Morgan fingerprint density at radius 2 is 2.12 bits per heavy atom. The minimum atomic E-state index is -4.63. The maximum atomic E-state index is 12.8. The van der Waals surface area contributed by atoms with Crippen LogP contribution in [0, 0.1) is 24.7 Å². The molecule has 1 heterocycles. The second kappa shape index (κ2) is 6.24. The molecule has 2 saturated carbocycles. The summed E-state index contributed by atoms with van der Waals surface area (Å²) in [6.45, 7) is 3.15. The molecule has 4 atom stereocenters. The van der Waals surface area contributed by atoms with Crippen molar-refractivity contribution >= 4 is 17.5 Å². The number of rotatable bonds is 4. The summed E-state index contributed by atoms with van der Waals surface area (Å²) in [6, 6.07) is 0.0289. The molecular formula is C16H21ClF3N3O. The van der Waals surface area contributed by atoms with Crippen LogP contribution in [-0.4, -0.2) is 21.7 Å². The molecule has 4 nitrogen and oxygen atoms in total. The van der Waals surface area contributed by atoms with E-state index >= 15 is 0 Å². The zero-order valence-corrected chi connectivity index (χ0v) is 14.4. The zero-order valence-electron chi connectivity index (χ0n) is 13.7. The number of amides is 1. The van der Waals surface area contributed by atoms with Gasteiger partial charge in [-0.1, -0.05) is 18.0 Å². The van der Waals surface area contributed by atoms with Crippen LogP contribution in [-0.2, 0) is 17.5 Å². The van der Waals surface area contributed by atoms with Crippen molar-refractivity contribution in [2.75, 3.05) is 0 Å². The first-order chi connectivity index (χ1) is 11.2. The average Bonchev–Trinajstić information content (AvgIpc) is 3.17. The van der Waals surface area contributed by atoms with E-state index in [1.54, 1.807) is 0 Å². The molecule has 0 unspecified atom stereocenters. The molecule has 1 N–H and O–H groups in total. The highest BCUT2D eigenvalue weighted by Gasteiger charge is 2.42. The van der Waals surface area contributed by atoms with Crippen LogP contribution in [0.3, 0.4) is 0 Å². The van der Waals surface area contributed by atoms with Crippen molar-refractivity contribution in [1.29, 1.82) is 0 Å². The van der Waals surface area contributed by atoms with Gasteiger partial charge in [0, 0.05) is 6.04 Å². The van der Waals surface area contributed by atoms with Crippen LogP contribution < -0.4 is 5.32 Å². The Hall–Kier alpha value is -1.24. The van der Waals surface area contributed by atoms with Crippen molar-refractivity contribution in [3.63, 3.8) is 0 Å². The molecule has 0 saturated heterocycles. The Labute approximate surface area is 143 Å². The molecule has 2 fully saturated rings. The predicted molar refractivity (Wildman–Crippen MR) is 83.5 cm³/mol. The highest BCUT2D eigenvalue weighted by molar-refractivity contribution is 6.32. The van der Waals surface area contributed by atoms with Crippen molar-refractivity contribution in [3.8, 4) is 0 Å². The Bertz CT molecular complexity index is 643. The lowest BCUT2D eigenvalue weighted by atomic mass is 9.84. The predicted octanol–water partition coefficient (Wildman–Crippen LogP) is 3.80. The molecular weight excluding hydrogens is 343 g/mol. The Morgan fingerprint density at radius 1 is 1.42 bits per heavy atom. The van der Waals surface area contributed by atoms with E-state index in [-0.39, 0.29) is 24.2 Å².